The maximum Gasteiger partial charge on any atom is 0.255 e. The minimum absolute atomic E-state index is 0.128. The van der Waals surface area contributed by atoms with E-state index in [1.54, 1.807) is 48.5 Å². The number of carbonyl (C=O) groups is 3. The molecule has 0 aliphatic heterocycles. The van der Waals surface area contributed by atoms with Gasteiger partial charge in [0.15, 0.2) is 0 Å². The highest BCUT2D eigenvalue weighted by Crippen LogP contribution is 2.19. The van der Waals surface area contributed by atoms with Crippen LogP contribution in [0, 0.1) is 5.92 Å². The van der Waals surface area contributed by atoms with Gasteiger partial charge in [0, 0.05) is 18.3 Å². The molecule has 0 saturated carbocycles. The van der Waals surface area contributed by atoms with Crippen LogP contribution in [-0.2, 0) is 9.59 Å². The Morgan fingerprint density at radius 1 is 0.931 bits per heavy atom. The lowest BCUT2D eigenvalue weighted by Crippen LogP contribution is -2.47. The summed E-state index contributed by atoms with van der Waals surface area (Å²) in [5, 5.41) is 8.27. The van der Waals surface area contributed by atoms with Gasteiger partial charge in [-0.3, -0.25) is 14.4 Å². The van der Waals surface area contributed by atoms with Crippen LogP contribution in [0.4, 0.5) is 11.4 Å². The summed E-state index contributed by atoms with van der Waals surface area (Å²) in [6, 6.07) is 13.0. The Bertz CT molecular complexity index is 863. The normalized spacial score (nSPS) is 11.5. The molecule has 3 amide bonds. The fourth-order valence-corrected chi connectivity index (χ4v) is 2.75. The molecule has 154 valence electrons. The minimum atomic E-state index is -0.729. The van der Waals surface area contributed by atoms with Crippen LogP contribution < -0.4 is 20.7 Å². The van der Waals surface area contributed by atoms with E-state index in [4.69, 9.17) is 4.74 Å². The fraction of sp³-hybridized carbons (Fsp3) is 0.318. The molecule has 7 heteroatoms. The molecule has 0 aromatic heterocycles. The van der Waals surface area contributed by atoms with Crippen molar-refractivity contribution in [1.82, 2.24) is 5.32 Å². The van der Waals surface area contributed by atoms with E-state index in [9.17, 15) is 14.4 Å². The zero-order valence-corrected chi connectivity index (χ0v) is 17.1. The van der Waals surface area contributed by atoms with Crippen molar-refractivity contribution in [3.05, 3.63) is 54.1 Å². The number of carbonyl (C=O) groups excluding carboxylic acids is 3. The minimum Gasteiger partial charge on any atom is -0.493 e. The van der Waals surface area contributed by atoms with Gasteiger partial charge in [-0.05, 0) is 49.2 Å². The van der Waals surface area contributed by atoms with Crippen LogP contribution in [-0.4, -0.2) is 30.4 Å². The van der Waals surface area contributed by atoms with Crippen molar-refractivity contribution in [2.45, 2.75) is 33.7 Å². The van der Waals surface area contributed by atoms with Gasteiger partial charge >= 0.3 is 0 Å². The number of ether oxygens (including phenoxy) is 1. The predicted molar refractivity (Wildman–Crippen MR) is 113 cm³/mol. The second kappa shape index (κ2) is 10.3. The third-order valence-electron chi connectivity index (χ3n) is 4.14. The lowest BCUT2D eigenvalue weighted by atomic mass is 10.0. The van der Waals surface area contributed by atoms with E-state index in [1.807, 2.05) is 20.8 Å². The summed E-state index contributed by atoms with van der Waals surface area (Å²) < 4.78 is 5.50. The first-order valence-electron chi connectivity index (χ1n) is 9.53. The fourth-order valence-electron chi connectivity index (χ4n) is 2.75. The number of nitrogens with one attached hydrogen (secondary N) is 3. The van der Waals surface area contributed by atoms with Gasteiger partial charge in [-0.1, -0.05) is 26.0 Å². The van der Waals surface area contributed by atoms with E-state index >= 15 is 0 Å². The molecule has 0 heterocycles. The van der Waals surface area contributed by atoms with E-state index in [2.05, 4.69) is 16.0 Å². The molecule has 0 bridgehead atoms. The third-order valence-corrected chi connectivity index (χ3v) is 4.14. The highest BCUT2D eigenvalue weighted by atomic mass is 16.5. The monoisotopic (exact) mass is 397 g/mol. The Kier molecular flexibility index (Phi) is 7.77. The van der Waals surface area contributed by atoms with Crippen LogP contribution in [0.2, 0.25) is 0 Å². The number of hydrogen-bond acceptors (Lipinski definition) is 4. The molecule has 2 aromatic carbocycles. The van der Waals surface area contributed by atoms with Gasteiger partial charge in [0.1, 0.15) is 11.8 Å². The van der Waals surface area contributed by atoms with E-state index in [0.717, 1.165) is 0 Å². The average molecular weight is 397 g/mol. The highest BCUT2D eigenvalue weighted by molar-refractivity contribution is 6.02. The quantitative estimate of drug-likeness (QED) is 0.636. The van der Waals surface area contributed by atoms with Crippen LogP contribution in [0.1, 0.15) is 38.1 Å². The third kappa shape index (κ3) is 6.34. The molecular formula is C22H27N3O4. The lowest BCUT2D eigenvalue weighted by Gasteiger charge is -2.22. The van der Waals surface area contributed by atoms with E-state index in [1.165, 1.54) is 6.92 Å². The number of amides is 3. The molecule has 0 fully saturated rings. The topological polar surface area (TPSA) is 96.5 Å². The van der Waals surface area contributed by atoms with Gasteiger partial charge in [-0.25, -0.2) is 0 Å². The molecule has 2 rings (SSSR count). The lowest BCUT2D eigenvalue weighted by molar-refractivity contribution is -0.119. The van der Waals surface area contributed by atoms with Crippen LogP contribution in [0.15, 0.2) is 48.5 Å². The second-order valence-corrected chi connectivity index (χ2v) is 6.87. The second-order valence-electron chi connectivity index (χ2n) is 6.87. The molecule has 2 aromatic rings. The van der Waals surface area contributed by atoms with Crippen molar-refractivity contribution in [1.29, 1.82) is 0 Å². The molecule has 0 saturated heterocycles. The van der Waals surface area contributed by atoms with Gasteiger partial charge < -0.3 is 20.7 Å². The van der Waals surface area contributed by atoms with Crippen LogP contribution in [0.25, 0.3) is 0 Å². The van der Waals surface area contributed by atoms with Gasteiger partial charge in [0.2, 0.25) is 11.8 Å². The van der Waals surface area contributed by atoms with Gasteiger partial charge in [0.25, 0.3) is 5.91 Å². The van der Waals surface area contributed by atoms with Gasteiger partial charge in [-0.15, -0.1) is 0 Å². The summed E-state index contributed by atoms with van der Waals surface area (Å²) in [4.78, 5) is 36.6. The van der Waals surface area contributed by atoms with E-state index in [-0.39, 0.29) is 23.6 Å². The van der Waals surface area contributed by atoms with Crippen molar-refractivity contribution in [2.75, 3.05) is 17.2 Å². The summed E-state index contributed by atoms with van der Waals surface area (Å²) in [6.07, 6.45) is 0. The number of benzene rings is 2. The van der Waals surface area contributed by atoms with Gasteiger partial charge in [-0.2, -0.15) is 0 Å². The average Bonchev–Trinajstić information content (AvgIpc) is 2.67. The standard InChI is InChI=1S/C22H27N3O4/c1-5-29-19-9-7-6-8-18(19)21(27)25-20(14(2)3)22(28)24-17-12-10-16(11-13-17)23-15(4)26/h6-14,20H,5H2,1-4H3,(H,23,26)(H,24,28)(H,25,27)/t20-/m0/s1. The number of para-hydroxylation sites is 1. The molecule has 0 spiro atoms. The summed E-state index contributed by atoms with van der Waals surface area (Å²) >= 11 is 0. The van der Waals surface area contributed by atoms with Crippen LogP contribution in [0.3, 0.4) is 0 Å². The van der Waals surface area contributed by atoms with Crippen molar-refractivity contribution in [3.63, 3.8) is 0 Å². The number of rotatable bonds is 8. The van der Waals surface area contributed by atoms with Crippen LogP contribution >= 0.6 is 0 Å². The SMILES string of the molecule is CCOc1ccccc1C(=O)N[C@H](C(=O)Nc1ccc(NC(C)=O)cc1)C(C)C. The molecule has 29 heavy (non-hydrogen) atoms. The first-order chi connectivity index (χ1) is 13.8. The maximum absolute atomic E-state index is 12.8. The Morgan fingerprint density at radius 2 is 1.52 bits per heavy atom. The Morgan fingerprint density at radius 3 is 2.07 bits per heavy atom. The molecule has 0 unspecified atom stereocenters. The zero-order chi connectivity index (χ0) is 21.4. The highest BCUT2D eigenvalue weighted by Gasteiger charge is 2.26. The van der Waals surface area contributed by atoms with Gasteiger partial charge in [0.05, 0.1) is 12.2 Å². The molecular weight excluding hydrogens is 370 g/mol. The van der Waals surface area contributed by atoms with Crippen molar-refractivity contribution in [3.8, 4) is 5.75 Å². The number of hydrogen-bond donors (Lipinski definition) is 3. The maximum atomic E-state index is 12.8. The van der Waals surface area contributed by atoms with Crippen LogP contribution in [0.5, 0.6) is 5.75 Å². The summed E-state index contributed by atoms with van der Waals surface area (Å²) in [5.74, 6) is -0.518. The van der Waals surface area contributed by atoms with E-state index in [0.29, 0.717) is 29.3 Å². The van der Waals surface area contributed by atoms with Crippen molar-refractivity contribution < 1.29 is 19.1 Å². The Labute approximate surface area is 170 Å². The smallest absolute Gasteiger partial charge is 0.255 e. The van der Waals surface area contributed by atoms with Crippen molar-refractivity contribution >= 4 is 29.1 Å². The first kappa shape index (κ1) is 21.9. The molecule has 0 aliphatic carbocycles. The molecule has 3 N–H and O–H groups in total. The largest absolute Gasteiger partial charge is 0.493 e. The Hall–Kier alpha value is -3.35. The summed E-state index contributed by atoms with van der Waals surface area (Å²) in [7, 11) is 0. The molecule has 0 aliphatic rings. The predicted octanol–water partition coefficient (Wildman–Crippen LogP) is 3.44. The number of anilines is 2. The Balaban J connectivity index is 2.10. The summed E-state index contributed by atoms with van der Waals surface area (Å²) in [6.45, 7) is 7.43. The van der Waals surface area contributed by atoms with Crippen molar-refractivity contribution in [2.24, 2.45) is 5.92 Å². The van der Waals surface area contributed by atoms with E-state index < -0.39 is 6.04 Å². The molecule has 1 atom stereocenters. The molecule has 7 nitrogen and oxygen atoms in total. The molecule has 0 radical (unpaired) electrons. The zero-order valence-electron chi connectivity index (χ0n) is 17.1. The summed E-state index contributed by atoms with van der Waals surface area (Å²) in [5.41, 5.74) is 1.59. The first-order valence-corrected chi connectivity index (χ1v) is 9.53.